The van der Waals surface area contributed by atoms with E-state index < -0.39 is 6.10 Å². The normalized spacial score (nSPS) is 21.0. The first-order valence-corrected chi connectivity index (χ1v) is 10.9. The van der Waals surface area contributed by atoms with Crippen LogP contribution in [-0.2, 0) is 9.59 Å². The molecule has 1 aromatic heterocycles. The maximum Gasteiger partial charge on any atom is 0.265 e. The Bertz CT molecular complexity index is 1100. The third-order valence-electron chi connectivity index (χ3n) is 5.52. The van der Waals surface area contributed by atoms with Crippen LogP contribution in [0.3, 0.4) is 0 Å². The number of thiazole rings is 1. The van der Waals surface area contributed by atoms with E-state index in [1.807, 2.05) is 18.2 Å². The molecule has 2 N–H and O–H groups in total. The van der Waals surface area contributed by atoms with Gasteiger partial charge in [0.1, 0.15) is 5.75 Å². The third kappa shape index (κ3) is 3.59. The third-order valence-corrected chi connectivity index (χ3v) is 6.62. The van der Waals surface area contributed by atoms with Crippen molar-refractivity contribution >= 4 is 49.9 Å². The van der Waals surface area contributed by atoms with Crippen LogP contribution >= 0.6 is 11.3 Å². The van der Waals surface area contributed by atoms with E-state index in [0.29, 0.717) is 23.7 Å². The molecule has 1 saturated heterocycles. The number of hydrogen-bond acceptors (Lipinski definition) is 6. The van der Waals surface area contributed by atoms with E-state index in [1.54, 1.807) is 36.5 Å². The summed E-state index contributed by atoms with van der Waals surface area (Å²) in [6, 6.07) is 13.4. The van der Waals surface area contributed by atoms with E-state index in [1.165, 1.54) is 0 Å². The molecule has 3 aromatic rings. The molecule has 3 heterocycles. The van der Waals surface area contributed by atoms with Gasteiger partial charge in [-0.2, -0.15) is 0 Å². The molecule has 2 atom stereocenters. The molecule has 2 aliphatic rings. The van der Waals surface area contributed by atoms with Crippen LogP contribution < -0.4 is 20.3 Å². The Hall–Kier alpha value is -3.13. The fraction of sp³-hybridized carbons (Fsp3) is 0.318. The molecule has 30 heavy (non-hydrogen) atoms. The summed E-state index contributed by atoms with van der Waals surface area (Å²) in [4.78, 5) is 31.7. The quantitative estimate of drug-likeness (QED) is 0.669. The minimum atomic E-state index is -0.520. The topological polar surface area (TPSA) is 83.6 Å². The molecular formula is C22H22N4O3S. The van der Waals surface area contributed by atoms with E-state index in [-0.39, 0.29) is 17.7 Å². The van der Waals surface area contributed by atoms with Crippen LogP contribution in [0.5, 0.6) is 5.75 Å². The van der Waals surface area contributed by atoms with Crippen LogP contribution in [0.15, 0.2) is 42.5 Å². The summed E-state index contributed by atoms with van der Waals surface area (Å²) in [6.45, 7) is 3.26. The Balaban J connectivity index is 1.28. The Morgan fingerprint density at radius 1 is 1.30 bits per heavy atom. The summed E-state index contributed by atoms with van der Waals surface area (Å²) < 4.78 is 6.73. The number of ether oxygens (including phenoxy) is 1. The zero-order valence-corrected chi connectivity index (χ0v) is 17.4. The van der Waals surface area contributed by atoms with E-state index in [9.17, 15) is 9.59 Å². The summed E-state index contributed by atoms with van der Waals surface area (Å²) in [5.74, 6) is 0.286. The highest BCUT2D eigenvalue weighted by atomic mass is 32.1. The number of carbonyl (C=O) groups excluding carboxylic acids is 2. The van der Waals surface area contributed by atoms with Gasteiger partial charge in [0.05, 0.1) is 21.8 Å². The van der Waals surface area contributed by atoms with Gasteiger partial charge < -0.3 is 20.3 Å². The second-order valence-electron chi connectivity index (χ2n) is 7.70. The van der Waals surface area contributed by atoms with Crippen LogP contribution in [0, 0.1) is 5.92 Å². The number of benzene rings is 2. The fourth-order valence-corrected chi connectivity index (χ4v) is 4.89. The lowest BCUT2D eigenvalue weighted by molar-refractivity contribution is -0.122. The van der Waals surface area contributed by atoms with Crippen molar-refractivity contribution < 1.29 is 14.3 Å². The minimum absolute atomic E-state index is 0.0165. The summed E-state index contributed by atoms with van der Waals surface area (Å²) in [7, 11) is 0. The number of anilines is 3. The molecule has 7 nitrogen and oxygen atoms in total. The molecule has 0 saturated carbocycles. The van der Waals surface area contributed by atoms with Crippen LogP contribution in [0.25, 0.3) is 10.2 Å². The molecule has 2 aromatic carbocycles. The lowest BCUT2D eigenvalue weighted by atomic mass is 9.97. The number of hydrogen-bond donors (Lipinski definition) is 2. The smallest absolute Gasteiger partial charge is 0.265 e. The highest BCUT2D eigenvalue weighted by Gasteiger charge is 2.28. The molecule has 0 aliphatic carbocycles. The monoisotopic (exact) mass is 422 g/mol. The van der Waals surface area contributed by atoms with Crippen molar-refractivity contribution in [2.45, 2.75) is 25.9 Å². The predicted octanol–water partition coefficient (Wildman–Crippen LogP) is 3.87. The average Bonchev–Trinajstić information content (AvgIpc) is 3.19. The Morgan fingerprint density at radius 2 is 2.17 bits per heavy atom. The molecular weight excluding hydrogens is 400 g/mol. The Labute approximate surface area is 178 Å². The molecule has 0 spiro atoms. The van der Waals surface area contributed by atoms with E-state index >= 15 is 0 Å². The van der Waals surface area contributed by atoms with Crippen LogP contribution in [0.2, 0.25) is 0 Å². The standard InChI is InChI=1S/C22H22N4O3S/c1-13-20(27)24-17-11-15(8-9-18(17)29-13)23-21(28)14-5-4-10-26(12-14)22-25-16-6-2-3-7-19(16)30-22/h2-3,6-9,11,13-14H,4-5,10,12H2,1H3,(H,23,28)(H,24,27)/t13-,14+/m1/s1. The highest BCUT2D eigenvalue weighted by Crippen LogP contribution is 2.34. The van der Waals surface area contributed by atoms with Crippen molar-refractivity contribution in [3.8, 4) is 5.75 Å². The van der Waals surface area contributed by atoms with E-state index in [4.69, 9.17) is 9.72 Å². The van der Waals surface area contributed by atoms with Crippen molar-refractivity contribution in [3.05, 3.63) is 42.5 Å². The number of para-hydroxylation sites is 1. The van der Waals surface area contributed by atoms with Gasteiger partial charge in [-0.1, -0.05) is 23.5 Å². The minimum Gasteiger partial charge on any atom is -0.479 e. The Morgan fingerprint density at radius 3 is 3.03 bits per heavy atom. The summed E-state index contributed by atoms with van der Waals surface area (Å²) in [5, 5.41) is 6.78. The molecule has 154 valence electrons. The number of fused-ring (bicyclic) bond motifs is 2. The summed E-state index contributed by atoms with van der Waals surface area (Å²) in [5.41, 5.74) is 2.22. The summed E-state index contributed by atoms with van der Waals surface area (Å²) >= 11 is 1.67. The zero-order valence-electron chi connectivity index (χ0n) is 16.6. The number of nitrogens with zero attached hydrogens (tertiary/aromatic N) is 2. The van der Waals surface area contributed by atoms with Crippen LogP contribution in [0.4, 0.5) is 16.5 Å². The number of carbonyl (C=O) groups is 2. The SMILES string of the molecule is C[C@H]1Oc2ccc(NC(=O)[C@H]3CCCN(c4nc5ccccc5s4)C3)cc2NC1=O. The van der Waals surface area contributed by atoms with Gasteiger partial charge in [0, 0.05) is 18.8 Å². The lowest BCUT2D eigenvalue weighted by Gasteiger charge is -2.31. The summed E-state index contributed by atoms with van der Waals surface area (Å²) in [6.07, 6.45) is 1.27. The average molecular weight is 423 g/mol. The second-order valence-corrected chi connectivity index (χ2v) is 8.71. The van der Waals surface area contributed by atoms with Gasteiger partial charge in [0.2, 0.25) is 5.91 Å². The zero-order chi connectivity index (χ0) is 20.7. The molecule has 0 unspecified atom stereocenters. The maximum absolute atomic E-state index is 12.9. The molecule has 8 heteroatoms. The lowest BCUT2D eigenvalue weighted by Crippen LogP contribution is -2.40. The first-order chi connectivity index (χ1) is 14.6. The number of amides is 2. The molecule has 5 rings (SSSR count). The number of piperidine rings is 1. The number of rotatable bonds is 3. The van der Waals surface area contributed by atoms with Gasteiger partial charge in [-0.15, -0.1) is 0 Å². The van der Waals surface area contributed by atoms with Gasteiger partial charge in [-0.25, -0.2) is 4.98 Å². The maximum atomic E-state index is 12.9. The first kappa shape index (κ1) is 18.9. The fourth-order valence-electron chi connectivity index (χ4n) is 3.89. The van der Waals surface area contributed by atoms with Gasteiger partial charge in [0.15, 0.2) is 11.2 Å². The second kappa shape index (κ2) is 7.60. The number of nitrogens with one attached hydrogen (secondary N) is 2. The van der Waals surface area contributed by atoms with Crippen molar-refractivity contribution in [2.75, 3.05) is 28.6 Å². The van der Waals surface area contributed by atoms with Crippen molar-refractivity contribution in [1.82, 2.24) is 4.98 Å². The van der Waals surface area contributed by atoms with Crippen molar-refractivity contribution in [2.24, 2.45) is 5.92 Å². The Kier molecular flexibility index (Phi) is 4.78. The van der Waals surface area contributed by atoms with Crippen molar-refractivity contribution in [1.29, 1.82) is 0 Å². The number of aromatic nitrogens is 1. The molecule has 1 fully saturated rings. The molecule has 2 amide bonds. The molecule has 2 aliphatic heterocycles. The van der Waals surface area contributed by atoms with Crippen LogP contribution in [0.1, 0.15) is 19.8 Å². The molecule has 0 radical (unpaired) electrons. The van der Waals surface area contributed by atoms with Gasteiger partial charge in [0.25, 0.3) is 5.91 Å². The van der Waals surface area contributed by atoms with Gasteiger partial charge >= 0.3 is 0 Å². The van der Waals surface area contributed by atoms with Gasteiger partial charge in [-0.05, 0) is 50.1 Å². The molecule has 0 bridgehead atoms. The predicted molar refractivity (Wildman–Crippen MR) is 118 cm³/mol. The van der Waals surface area contributed by atoms with E-state index in [0.717, 1.165) is 34.7 Å². The van der Waals surface area contributed by atoms with Crippen molar-refractivity contribution in [3.63, 3.8) is 0 Å². The van der Waals surface area contributed by atoms with Gasteiger partial charge in [-0.3, -0.25) is 9.59 Å². The largest absolute Gasteiger partial charge is 0.479 e. The highest BCUT2D eigenvalue weighted by molar-refractivity contribution is 7.22. The van der Waals surface area contributed by atoms with Crippen LogP contribution in [-0.4, -0.2) is 36.0 Å². The van der Waals surface area contributed by atoms with E-state index in [2.05, 4.69) is 21.6 Å². The first-order valence-electron chi connectivity index (χ1n) is 10.1.